The van der Waals surface area contributed by atoms with Gasteiger partial charge in [0, 0.05) is 5.75 Å². The Bertz CT molecular complexity index is 211. The lowest BCUT2D eigenvalue weighted by Crippen LogP contribution is -1.92. The topological polar surface area (TPSA) is 0 Å². The molecule has 0 N–H and O–H groups in total. The van der Waals surface area contributed by atoms with Gasteiger partial charge in [-0.2, -0.15) is 11.8 Å². The van der Waals surface area contributed by atoms with Crippen molar-refractivity contribution in [2.24, 2.45) is 0 Å². The van der Waals surface area contributed by atoms with Gasteiger partial charge in [0.05, 0.1) is 0 Å². The number of allylic oxidation sites excluding steroid dienone is 4. The lowest BCUT2D eigenvalue weighted by molar-refractivity contribution is 0.945. The summed E-state index contributed by atoms with van der Waals surface area (Å²) in [4.78, 5) is 0. The normalized spacial score (nSPS) is 13.1. The van der Waals surface area contributed by atoms with Gasteiger partial charge in [-0.25, -0.2) is 0 Å². The van der Waals surface area contributed by atoms with Crippen LogP contribution in [0.1, 0.15) is 33.1 Å². The number of rotatable bonds is 7. The van der Waals surface area contributed by atoms with Crippen LogP contribution in [0.4, 0.5) is 0 Å². The second-order valence-corrected chi connectivity index (χ2v) is 4.10. The molecular formula is C13H22S. The van der Waals surface area contributed by atoms with E-state index in [1.54, 1.807) is 0 Å². The molecule has 0 saturated heterocycles. The summed E-state index contributed by atoms with van der Waals surface area (Å²) < 4.78 is 0. The molecule has 0 aliphatic heterocycles. The van der Waals surface area contributed by atoms with Crippen molar-refractivity contribution in [1.29, 1.82) is 0 Å². The number of unbranched alkanes of at least 4 members (excludes halogenated alkanes) is 1. The molecule has 0 atom stereocenters. The van der Waals surface area contributed by atoms with E-state index >= 15 is 0 Å². The van der Waals surface area contributed by atoms with Crippen LogP contribution in [0.15, 0.2) is 36.0 Å². The number of hydrogen-bond donors (Lipinski definition) is 0. The minimum absolute atomic E-state index is 1.10. The predicted octanol–water partition coefficient (Wildman–Crippen LogP) is 4.60. The summed E-state index contributed by atoms with van der Waals surface area (Å²) >= 11 is 1.89. The SMILES string of the molecule is C=C/C=C(CC)\C(=C/CCC)CSC. The minimum atomic E-state index is 1.10. The van der Waals surface area contributed by atoms with E-state index in [4.69, 9.17) is 0 Å². The van der Waals surface area contributed by atoms with Gasteiger partial charge in [-0.3, -0.25) is 0 Å². The largest absolute Gasteiger partial charge is 0.161 e. The molecule has 0 aliphatic rings. The highest BCUT2D eigenvalue weighted by Crippen LogP contribution is 2.19. The van der Waals surface area contributed by atoms with Crippen molar-refractivity contribution in [2.75, 3.05) is 12.0 Å². The first-order valence-electron chi connectivity index (χ1n) is 5.30. The van der Waals surface area contributed by atoms with Gasteiger partial charge in [0.25, 0.3) is 0 Å². The molecule has 0 rings (SSSR count). The van der Waals surface area contributed by atoms with Gasteiger partial charge >= 0.3 is 0 Å². The summed E-state index contributed by atoms with van der Waals surface area (Å²) in [6.07, 6.45) is 12.1. The smallest absolute Gasteiger partial charge is 0.0181 e. The highest BCUT2D eigenvalue weighted by molar-refractivity contribution is 7.98. The average molecular weight is 210 g/mol. The van der Waals surface area contributed by atoms with Crippen LogP contribution in [0.2, 0.25) is 0 Å². The van der Waals surface area contributed by atoms with E-state index in [1.165, 1.54) is 24.0 Å². The molecular weight excluding hydrogens is 188 g/mol. The Labute approximate surface area is 93.2 Å². The van der Waals surface area contributed by atoms with Crippen molar-refractivity contribution < 1.29 is 0 Å². The second-order valence-electron chi connectivity index (χ2n) is 3.23. The highest BCUT2D eigenvalue weighted by atomic mass is 32.2. The Morgan fingerprint density at radius 2 is 2.00 bits per heavy atom. The number of hydrogen-bond acceptors (Lipinski definition) is 1. The maximum atomic E-state index is 3.76. The van der Waals surface area contributed by atoms with E-state index in [-0.39, 0.29) is 0 Å². The number of thioether (sulfide) groups is 1. The molecule has 1 heteroatoms. The molecule has 0 aromatic carbocycles. The van der Waals surface area contributed by atoms with Crippen LogP contribution in [-0.4, -0.2) is 12.0 Å². The van der Waals surface area contributed by atoms with Crippen molar-refractivity contribution >= 4 is 11.8 Å². The van der Waals surface area contributed by atoms with Gasteiger partial charge in [-0.05, 0) is 30.2 Å². The summed E-state index contributed by atoms with van der Waals surface area (Å²) in [5, 5.41) is 0. The standard InChI is InChI=1S/C13H22S/c1-5-8-10-13(11-14-4)12(7-3)9-6-2/h6,9-10H,2,5,7-8,11H2,1,3-4H3/b12-9-,13-10-. The van der Waals surface area contributed by atoms with Crippen LogP contribution < -0.4 is 0 Å². The fourth-order valence-corrected chi connectivity index (χ4v) is 1.97. The third-order valence-corrected chi connectivity index (χ3v) is 2.69. The Balaban J connectivity index is 4.59. The molecule has 14 heavy (non-hydrogen) atoms. The summed E-state index contributed by atoms with van der Waals surface area (Å²) in [6.45, 7) is 8.18. The highest BCUT2D eigenvalue weighted by Gasteiger charge is 2.00. The van der Waals surface area contributed by atoms with Crippen LogP contribution in [0.25, 0.3) is 0 Å². The van der Waals surface area contributed by atoms with Gasteiger partial charge < -0.3 is 0 Å². The molecule has 0 bridgehead atoms. The van der Waals surface area contributed by atoms with Crippen molar-refractivity contribution in [3.05, 3.63) is 36.0 Å². The monoisotopic (exact) mass is 210 g/mol. The summed E-state index contributed by atoms with van der Waals surface area (Å²) in [5.41, 5.74) is 2.92. The van der Waals surface area contributed by atoms with Crippen molar-refractivity contribution in [3.8, 4) is 0 Å². The summed E-state index contributed by atoms with van der Waals surface area (Å²) in [7, 11) is 0. The van der Waals surface area contributed by atoms with Gasteiger partial charge in [0.1, 0.15) is 0 Å². The molecule has 80 valence electrons. The third-order valence-electron chi connectivity index (χ3n) is 2.09. The van der Waals surface area contributed by atoms with E-state index < -0.39 is 0 Å². The maximum Gasteiger partial charge on any atom is 0.0181 e. The predicted molar refractivity (Wildman–Crippen MR) is 69.9 cm³/mol. The third kappa shape index (κ3) is 5.33. The second kappa shape index (κ2) is 9.14. The molecule has 0 radical (unpaired) electrons. The summed E-state index contributed by atoms with van der Waals surface area (Å²) in [6, 6.07) is 0. The van der Waals surface area contributed by atoms with Crippen molar-refractivity contribution in [3.63, 3.8) is 0 Å². The van der Waals surface area contributed by atoms with Gasteiger partial charge in [-0.1, -0.05) is 45.1 Å². The minimum Gasteiger partial charge on any atom is -0.161 e. The van der Waals surface area contributed by atoms with Crippen LogP contribution >= 0.6 is 11.8 Å². The quantitative estimate of drug-likeness (QED) is 0.553. The molecule has 0 nitrogen and oxygen atoms in total. The Morgan fingerprint density at radius 3 is 2.43 bits per heavy atom. The summed E-state index contributed by atoms with van der Waals surface area (Å²) in [5.74, 6) is 1.12. The Hall–Kier alpha value is -0.430. The van der Waals surface area contributed by atoms with Gasteiger partial charge in [-0.15, -0.1) is 0 Å². The fourth-order valence-electron chi connectivity index (χ4n) is 1.35. The van der Waals surface area contributed by atoms with Crippen molar-refractivity contribution in [1.82, 2.24) is 0 Å². The fraction of sp³-hybridized carbons (Fsp3) is 0.538. The zero-order chi connectivity index (χ0) is 10.8. The molecule has 0 fully saturated rings. The van der Waals surface area contributed by atoms with E-state index in [1.807, 2.05) is 17.8 Å². The van der Waals surface area contributed by atoms with E-state index in [0.29, 0.717) is 0 Å². The molecule has 0 aromatic rings. The maximum absolute atomic E-state index is 3.76. The van der Waals surface area contributed by atoms with Crippen LogP contribution in [0, 0.1) is 0 Å². The lowest BCUT2D eigenvalue weighted by atomic mass is 10.0. The van der Waals surface area contributed by atoms with Crippen LogP contribution in [0.5, 0.6) is 0 Å². The first kappa shape index (κ1) is 13.6. The molecule has 0 amide bonds. The van der Waals surface area contributed by atoms with Crippen LogP contribution in [-0.2, 0) is 0 Å². The van der Waals surface area contributed by atoms with Gasteiger partial charge in [0.15, 0.2) is 0 Å². The van der Waals surface area contributed by atoms with Crippen molar-refractivity contribution in [2.45, 2.75) is 33.1 Å². The van der Waals surface area contributed by atoms with Gasteiger partial charge in [0.2, 0.25) is 0 Å². The van der Waals surface area contributed by atoms with E-state index in [0.717, 1.165) is 12.2 Å². The molecule has 0 heterocycles. The average Bonchev–Trinajstić information content (AvgIpc) is 2.21. The Morgan fingerprint density at radius 1 is 1.29 bits per heavy atom. The first-order valence-corrected chi connectivity index (χ1v) is 6.69. The first-order chi connectivity index (χ1) is 6.79. The molecule has 0 saturated carbocycles. The molecule has 0 spiro atoms. The Kier molecular flexibility index (Phi) is 8.86. The van der Waals surface area contributed by atoms with E-state index in [9.17, 15) is 0 Å². The van der Waals surface area contributed by atoms with E-state index in [2.05, 4.69) is 38.8 Å². The lowest BCUT2D eigenvalue weighted by Gasteiger charge is -2.08. The zero-order valence-corrected chi connectivity index (χ0v) is 10.5. The van der Waals surface area contributed by atoms with Crippen LogP contribution in [0.3, 0.4) is 0 Å². The molecule has 0 aromatic heterocycles. The zero-order valence-electron chi connectivity index (χ0n) is 9.68. The molecule has 0 aliphatic carbocycles. The molecule has 0 unspecified atom stereocenters.